The van der Waals surface area contributed by atoms with Crippen LogP contribution in [0.25, 0.3) is 5.57 Å². The van der Waals surface area contributed by atoms with Crippen LogP contribution in [0.5, 0.6) is 0 Å². The van der Waals surface area contributed by atoms with Crippen molar-refractivity contribution in [3.63, 3.8) is 0 Å². The van der Waals surface area contributed by atoms with Crippen LogP contribution in [-0.2, 0) is 15.0 Å². The molecule has 0 fully saturated rings. The van der Waals surface area contributed by atoms with E-state index in [0.717, 1.165) is 27.3 Å². The summed E-state index contributed by atoms with van der Waals surface area (Å²) in [6, 6.07) is 17.3. The first-order valence-corrected chi connectivity index (χ1v) is 11.2. The van der Waals surface area contributed by atoms with E-state index in [4.69, 9.17) is 0 Å². The molecule has 2 amide bonds. The van der Waals surface area contributed by atoms with Gasteiger partial charge in [0, 0.05) is 10.6 Å². The maximum Gasteiger partial charge on any atom is 0.282 e. The van der Waals surface area contributed by atoms with E-state index in [-0.39, 0.29) is 17.2 Å². The first-order valence-electron chi connectivity index (χ1n) is 10.3. The van der Waals surface area contributed by atoms with Crippen LogP contribution >= 0.6 is 11.3 Å². The summed E-state index contributed by atoms with van der Waals surface area (Å²) >= 11 is 1.45. The molecular weight excluding hydrogens is 404 g/mol. The zero-order valence-corrected chi connectivity index (χ0v) is 19.3. The molecule has 2 aromatic carbocycles. The van der Waals surface area contributed by atoms with Gasteiger partial charge in [-0.05, 0) is 65.6 Å². The van der Waals surface area contributed by atoms with E-state index in [1.807, 2.05) is 73.8 Å². The van der Waals surface area contributed by atoms with Gasteiger partial charge in [0.1, 0.15) is 5.70 Å². The average molecular weight is 431 g/mol. The molecule has 1 aliphatic heterocycles. The summed E-state index contributed by atoms with van der Waals surface area (Å²) in [5, 5.41) is 5.19. The second-order valence-electron chi connectivity index (χ2n) is 8.84. The highest BCUT2D eigenvalue weighted by Gasteiger charge is 2.40. The summed E-state index contributed by atoms with van der Waals surface area (Å²) in [7, 11) is 0. The first kappa shape index (κ1) is 21.1. The maximum absolute atomic E-state index is 13.5. The Morgan fingerprint density at radius 3 is 2.19 bits per heavy atom. The lowest BCUT2D eigenvalue weighted by Crippen LogP contribution is -2.32. The number of carbonyl (C=O) groups excluding carboxylic acids is 2. The Bertz CT molecular complexity index is 1180. The Kier molecular flexibility index (Phi) is 5.31. The van der Waals surface area contributed by atoms with Crippen LogP contribution in [0, 0.1) is 13.8 Å². The van der Waals surface area contributed by atoms with Crippen molar-refractivity contribution in [1.29, 1.82) is 0 Å². The minimum atomic E-state index is -0.335. The molecule has 4 rings (SSSR count). The van der Waals surface area contributed by atoms with E-state index in [9.17, 15) is 9.59 Å². The van der Waals surface area contributed by atoms with Crippen LogP contribution in [0.2, 0.25) is 0 Å². The number of nitrogens with one attached hydrogen (secondary N) is 1. The molecule has 1 N–H and O–H groups in total. The van der Waals surface area contributed by atoms with Gasteiger partial charge in [0.15, 0.2) is 0 Å². The highest BCUT2D eigenvalue weighted by Crippen LogP contribution is 2.36. The average Bonchev–Trinajstić information content (AvgIpc) is 3.32. The third-order valence-electron chi connectivity index (χ3n) is 5.71. The molecule has 0 unspecified atom stereocenters. The molecule has 31 heavy (non-hydrogen) atoms. The zero-order valence-electron chi connectivity index (χ0n) is 18.4. The van der Waals surface area contributed by atoms with Gasteiger partial charge in [-0.2, -0.15) is 0 Å². The molecule has 158 valence electrons. The standard InChI is InChI=1S/C26H26N2O2S/c1-16-8-6-9-20(17(16)2)27-23-22(21-10-7-15-31-21)24(29)28(25(23)30)19-13-11-18(12-14-19)26(3,4)5/h6-15,27H,1-5H3. The molecular formula is C26H26N2O2S. The lowest BCUT2D eigenvalue weighted by atomic mass is 9.87. The molecule has 0 radical (unpaired) electrons. The van der Waals surface area contributed by atoms with Crippen molar-refractivity contribution in [3.8, 4) is 0 Å². The van der Waals surface area contributed by atoms with Crippen LogP contribution in [0.1, 0.15) is 42.3 Å². The van der Waals surface area contributed by atoms with Crippen LogP contribution in [0.4, 0.5) is 11.4 Å². The fourth-order valence-electron chi connectivity index (χ4n) is 3.66. The summed E-state index contributed by atoms with van der Waals surface area (Å²) in [6.07, 6.45) is 0. The Hall–Kier alpha value is -3.18. The maximum atomic E-state index is 13.5. The molecule has 0 saturated heterocycles. The van der Waals surface area contributed by atoms with E-state index in [1.165, 1.54) is 16.2 Å². The van der Waals surface area contributed by atoms with Crippen molar-refractivity contribution in [2.24, 2.45) is 0 Å². The summed E-state index contributed by atoms with van der Waals surface area (Å²) in [5.74, 6) is -0.637. The number of rotatable bonds is 4. The number of carbonyl (C=O) groups is 2. The van der Waals surface area contributed by atoms with Crippen LogP contribution in [0.3, 0.4) is 0 Å². The van der Waals surface area contributed by atoms with Gasteiger partial charge in [-0.25, -0.2) is 4.90 Å². The topological polar surface area (TPSA) is 49.4 Å². The SMILES string of the molecule is Cc1cccc(NC2=C(c3cccs3)C(=O)N(c3ccc(C(C)(C)C)cc3)C2=O)c1C. The molecule has 2 heterocycles. The Morgan fingerprint density at radius 2 is 1.58 bits per heavy atom. The second kappa shape index (κ2) is 7.82. The van der Waals surface area contributed by atoms with Crippen molar-refractivity contribution in [2.45, 2.75) is 40.0 Å². The Labute approximate surface area is 187 Å². The third kappa shape index (κ3) is 3.81. The quantitative estimate of drug-likeness (QED) is 0.512. The van der Waals surface area contributed by atoms with E-state index < -0.39 is 0 Å². The lowest BCUT2D eigenvalue weighted by molar-refractivity contribution is -0.120. The number of thiophene rings is 1. The summed E-state index contributed by atoms with van der Waals surface area (Å²) in [4.78, 5) is 29.0. The van der Waals surface area contributed by atoms with Gasteiger partial charge in [-0.15, -0.1) is 11.3 Å². The van der Waals surface area contributed by atoms with Gasteiger partial charge >= 0.3 is 0 Å². The number of nitrogens with zero attached hydrogens (tertiary/aromatic N) is 1. The van der Waals surface area contributed by atoms with Crippen LogP contribution < -0.4 is 10.2 Å². The monoisotopic (exact) mass is 430 g/mol. The number of imide groups is 1. The number of anilines is 2. The summed E-state index contributed by atoms with van der Waals surface area (Å²) < 4.78 is 0. The zero-order chi connectivity index (χ0) is 22.3. The van der Waals surface area contributed by atoms with E-state index in [1.54, 1.807) is 0 Å². The molecule has 1 aromatic heterocycles. The Balaban J connectivity index is 1.77. The summed E-state index contributed by atoms with van der Waals surface area (Å²) in [5.41, 5.74) is 5.46. The molecule has 3 aromatic rings. The number of hydrogen-bond acceptors (Lipinski definition) is 4. The fourth-order valence-corrected chi connectivity index (χ4v) is 4.43. The van der Waals surface area contributed by atoms with Crippen molar-refractivity contribution in [1.82, 2.24) is 0 Å². The highest BCUT2D eigenvalue weighted by molar-refractivity contribution is 7.11. The molecule has 0 atom stereocenters. The lowest BCUT2D eigenvalue weighted by Gasteiger charge is -2.21. The van der Waals surface area contributed by atoms with Gasteiger partial charge in [0.25, 0.3) is 11.8 Å². The van der Waals surface area contributed by atoms with Gasteiger partial charge in [0.05, 0.1) is 11.3 Å². The second-order valence-corrected chi connectivity index (χ2v) is 9.79. The Morgan fingerprint density at radius 1 is 0.871 bits per heavy atom. The molecule has 0 spiro atoms. The van der Waals surface area contributed by atoms with Crippen molar-refractivity contribution >= 4 is 40.1 Å². The molecule has 5 heteroatoms. The number of amides is 2. The highest BCUT2D eigenvalue weighted by atomic mass is 32.1. The van der Waals surface area contributed by atoms with Gasteiger partial charge in [-0.3, -0.25) is 9.59 Å². The predicted octanol–water partition coefficient (Wildman–Crippen LogP) is 6.06. The van der Waals surface area contributed by atoms with E-state index >= 15 is 0 Å². The van der Waals surface area contributed by atoms with E-state index in [2.05, 4.69) is 26.1 Å². The molecule has 0 aliphatic carbocycles. The number of aryl methyl sites for hydroxylation is 1. The van der Waals surface area contributed by atoms with Gasteiger partial charge in [-0.1, -0.05) is 51.1 Å². The van der Waals surface area contributed by atoms with Crippen LogP contribution in [-0.4, -0.2) is 11.8 Å². The largest absolute Gasteiger partial charge is 0.350 e. The minimum absolute atomic E-state index is 0.00660. The smallest absolute Gasteiger partial charge is 0.282 e. The first-order chi connectivity index (χ1) is 14.7. The van der Waals surface area contributed by atoms with Crippen molar-refractivity contribution in [2.75, 3.05) is 10.2 Å². The van der Waals surface area contributed by atoms with Gasteiger partial charge in [0.2, 0.25) is 0 Å². The minimum Gasteiger partial charge on any atom is -0.350 e. The summed E-state index contributed by atoms with van der Waals surface area (Å²) in [6.45, 7) is 10.4. The molecule has 0 bridgehead atoms. The number of hydrogen-bond donors (Lipinski definition) is 1. The van der Waals surface area contributed by atoms with E-state index in [0.29, 0.717) is 17.0 Å². The van der Waals surface area contributed by atoms with Crippen molar-refractivity contribution in [3.05, 3.63) is 87.2 Å². The fraction of sp³-hybridized carbons (Fsp3) is 0.231. The third-order valence-corrected chi connectivity index (χ3v) is 6.59. The van der Waals surface area contributed by atoms with Gasteiger partial charge < -0.3 is 5.32 Å². The molecule has 1 aliphatic rings. The van der Waals surface area contributed by atoms with Crippen LogP contribution in [0.15, 0.2) is 65.7 Å². The normalized spacial score (nSPS) is 14.5. The predicted molar refractivity (Wildman–Crippen MR) is 128 cm³/mol. The molecule has 0 saturated carbocycles. The van der Waals surface area contributed by atoms with Crippen molar-refractivity contribution < 1.29 is 9.59 Å². The number of benzene rings is 2. The molecule has 4 nitrogen and oxygen atoms in total.